The second-order valence-corrected chi connectivity index (χ2v) is 10.4. The van der Waals surface area contributed by atoms with Crippen LogP contribution in [-0.4, -0.2) is 20.9 Å². The number of hydrogen-bond donors (Lipinski definition) is 0. The normalized spacial score (nSPS) is 11.9. The largest absolute Gasteiger partial charge is 0.396 e. The maximum Gasteiger partial charge on any atom is 0.114 e. The van der Waals surface area contributed by atoms with Crippen LogP contribution in [0, 0.1) is 0 Å². The first-order valence-electron chi connectivity index (χ1n) is 5.28. The van der Waals surface area contributed by atoms with Crippen molar-refractivity contribution < 1.29 is 4.84 Å². The summed E-state index contributed by atoms with van der Waals surface area (Å²) < 4.78 is 0. The van der Waals surface area contributed by atoms with Gasteiger partial charge in [0, 0.05) is 8.07 Å². The smallest absolute Gasteiger partial charge is 0.114 e. The topological polar surface area (TPSA) is 21.6 Å². The number of rotatable bonds is 5. The molecule has 0 aliphatic carbocycles. The van der Waals surface area contributed by atoms with E-state index >= 15 is 0 Å². The van der Waals surface area contributed by atoms with Gasteiger partial charge >= 0.3 is 0 Å². The molecule has 0 amide bonds. The number of oxime groups is 1. The summed E-state index contributed by atoms with van der Waals surface area (Å²) in [5.41, 5.74) is 1.07. The Labute approximate surface area is 93.0 Å². The van der Waals surface area contributed by atoms with Crippen LogP contribution in [0.5, 0.6) is 0 Å². The minimum Gasteiger partial charge on any atom is -0.396 e. The van der Waals surface area contributed by atoms with Crippen LogP contribution < -0.4 is 0 Å². The first-order chi connectivity index (χ1) is 7.08. The highest BCUT2D eigenvalue weighted by atomic mass is 28.3. The second-order valence-electron chi connectivity index (χ2n) is 4.79. The van der Waals surface area contributed by atoms with Crippen molar-refractivity contribution in [2.75, 3.05) is 6.61 Å². The van der Waals surface area contributed by atoms with Gasteiger partial charge in [-0.15, -0.1) is 0 Å². The van der Waals surface area contributed by atoms with Crippen LogP contribution in [0.4, 0.5) is 0 Å². The molecule has 1 rings (SSSR count). The van der Waals surface area contributed by atoms with E-state index in [-0.39, 0.29) is 0 Å². The molecule has 1 aromatic carbocycles. The number of benzene rings is 1. The molecule has 0 saturated carbocycles. The van der Waals surface area contributed by atoms with Gasteiger partial charge in [0.05, 0.1) is 6.21 Å². The van der Waals surface area contributed by atoms with E-state index in [1.54, 1.807) is 6.21 Å². The predicted molar refractivity (Wildman–Crippen MR) is 68.1 cm³/mol. The molecular weight excluding hydrogens is 202 g/mol. The second kappa shape index (κ2) is 5.71. The number of hydrogen-bond acceptors (Lipinski definition) is 2. The summed E-state index contributed by atoms with van der Waals surface area (Å²) in [7, 11) is -0.985. The summed E-state index contributed by atoms with van der Waals surface area (Å²) >= 11 is 0. The quantitative estimate of drug-likeness (QED) is 0.323. The monoisotopic (exact) mass is 221 g/mol. The Morgan fingerprint density at radius 2 is 1.87 bits per heavy atom. The predicted octanol–water partition coefficient (Wildman–Crippen LogP) is 3.38. The van der Waals surface area contributed by atoms with Crippen molar-refractivity contribution in [1.29, 1.82) is 0 Å². The van der Waals surface area contributed by atoms with E-state index in [1.807, 2.05) is 30.3 Å². The fourth-order valence-corrected chi connectivity index (χ4v) is 1.75. The maximum absolute atomic E-state index is 5.22. The van der Waals surface area contributed by atoms with E-state index < -0.39 is 8.07 Å². The van der Waals surface area contributed by atoms with Crippen LogP contribution in [0.25, 0.3) is 0 Å². The van der Waals surface area contributed by atoms with Gasteiger partial charge in [-0.05, 0) is 11.6 Å². The van der Waals surface area contributed by atoms with Gasteiger partial charge < -0.3 is 4.84 Å². The Morgan fingerprint density at radius 3 is 2.47 bits per heavy atom. The van der Waals surface area contributed by atoms with Crippen LogP contribution in [0.3, 0.4) is 0 Å². The van der Waals surface area contributed by atoms with E-state index in [9.17, 15) is 0 Å². The average molecular weight is 221 g/mol. The molecule has 15 heavy (non-hydrogen) atoms. The van der Waals surface area contributed by atoms with E-state index in [2.05, 4.69) is 24.8 Å². The fourth-order valence-electron chi connectivity index (χ4n) is 1.04. The molecule has 1 aromatic rings. The third-order valence-corrected chi connectivity index (χ3v) is 3.72. The highest BCUT2D eigenvalue weighted by Gasteiger charge is 2.11. The summed E-state index contributed by atoms with van der Waals surface area (Å²) in [6, 6.07) is 11.1. The molecule has 0 spiro atoms. The van der Waals surface area contributed by atoms with Crippen LogP contribution in [0.1, 0.15) is 5.56 Å². The maximum atomic E-state index is 5.22. The van der Waals surface area contributed by atoms with Crippen LogP contribution in [0.2, 0.25) is 25.7 Å². The molecule has 0 saturated heterocycles. The molecule has 0 aromatic heterocycles. The van der Waals surface area contributed by atoms with Crippen LogP contribution in [0.15, 0.2) is 35.5 Å². The molecule has 0 unspecified atom stereocenters. The van der Waals surface area contributed by atoms with Crippen molar-refractivity contribution in [3.8, 4) is 0 Å². The standard InChI is InChI=1S/C12H19NOSi/c1-15(2,3)10-9-14-13-11-12-7-5-4-6-8-12/h4-8,11H,9-10H2,1-3H3/b13-11+. The zero-order valence-corrected chi connectivity index (χ0v) is 10.7. The molecular formula is C12H19NOSi. The van der Waals surface area contributed by atoms with Gasteiger partial charge in [0.2, 0.25) is 0 Å². The highest BCUT2D eigenvalue weighted by molar-refractivity contribution is 6.76. The first-order valence-corrected chi connectivity index (χ1v) is 8.99. The zero-order chi connectivity index (χ0) is 11.1. The van der Waals surface area contributed by atoms with Crippen molar-refractivity contribution in [1.82, 2.24) is 0 Å². The lowest BCUT2D eigenvalue weighted by Crippen LogP contribution is -2.21. The third kappa shape index (κ3) is 6.07. The average Bonchev–Trinajstić information content (AvgIpc) is 2.17. The van der Waals surface area contributed by atoms with Crippen molar-refractivity contribution in [3.05, 3.63) is 35.9 Å². The van der Waals surface area contributed by atoms with Crippen molar-refractivity contribution >= 4 is 14.3 Å². The zero-order valence-electron chi connectivity index (χ0n) is 9.73. The summed E-state index contributed by atoms with van der Waals surface area (Å²) in [6.07, 6.45) is 1.75. The van der Waals surface area contributed by atoms with E-state index in [4.69, 9.17) is 4.84 Å². The van der Waals surface area contributed by atoms with E-state index in [0.717, 1.165) is 18.2 Å². The van der Waals surface area contributed by atoms with Crippen molar-refractivity contribution in [2.45, 2.75) is 25.7 Å². The van der Waals surface area contributed by atoms with E-state index in [0.29, 0.717) is 0 Å². The molecule has 0 bridgehead atoms. The molecule has 0 aliphatic heterocycles. The summed E-state index contributed by atoms with van der Waals surface area (Å²) in [5, 5.41) is 3.94. The van der Waals surface area contributed by atoms with Gasteiger partial charge in [0.25, 0.3) is 0 Å². The van der Waals surface area contributed by atoms with Gasteiger partial charge in [-0.2, -0.15) is 0 Å². The van der Waals surface area contributed by atoms with Gasteiger partial charge in [-0.1, -0.05) is 55.1 Å². The molecule has 0 radical (unpaired) electrons. The summed E-state index contributed by atoms with van der Waals surface area (Å²) in [6.45, 7) is 7.73. The minimum absolute atomic E-state index is 0.735. The Morgan fingerprint density at radius 1 is 1.20 bits per heavy atom. The summed E-state index contributed by atoms with van der Waals surface area (Å²) in [5.74, 6) is 0. The van der Waals surface area contributed by atoms with Gasteiger partial charge in [-0.3, -0.25) is 0 Å². The van der Waals surface area contributed by atoms with E-state index in [1.165, 1.54) is 0 Å². The lowest BCUT2D eigenvalue weighted by atomic mass is 10.2. The van der Waals surface area contributed by atoms with Crippen LogP contribution >= 0.6 is 0 Å². The molecule has 0 fully saturated rings. The highest BCUT2D eigenvalue weighted by Crippen LogP contribution is 2.07. The summed E-state index contributed by atoms with van der Waals surface area (Å²) in [4.78, 5) is 5.22. The lowest BCUT2D eigenvalue weighted by Gasteiger charge is -2.13. The Balaban J connectivity index is 2.24. The Bertz CT molecular complexity index is 303. The number of nitrogens with zero attached hydrogens (tertiary/aromatic N) is 1. The first kappa shape index (κ1) is 12.0. The van der Waals surface area contributed by atoms with Gasteiger partial charge in [0.15, 0.2) is 0 Å². The SMILES string of the molecule is C[Si](C)(C)CCO/N=C/c1ccccc1. The van der Waals surface area contributed by atoms with Crippen molar-refractivity contribution in [3.63, 3.8) is 0 Å². The molecule has 82 valence electrons. The minimum atomic E-state index is -0.985. The molecule has 0 N–H and O–H groups in total. The molecule has 0 atom stereocenters. The lowest BCUT2D eigenvalue weighted by molar-refractivity contribution is 0.159. The van der Waals surface area contributed by atoms with Gasteiger partial charge in [-0.25, -0.2) is 0 Å². The molecule has 3 heteroatoms. The fraction of sp³-hybridized carbons (Fsp3) is 0.417. The van der Waals surface area contributed by atoms with Gasteiger partial charge in [0.1, 0.15) is 6.61 Å². The molecule has 2 nitrogen and oxygen atoms in total. The third-order valence-electron chi connectivity index (χ3n) is 2.02. The van der Waals surface area contributed by atoms with Crippen molar-refractivity contribution in [2.24, 2.45) is 5.16 Å². The Hall–Kier alpha value is -1.09. The molecule has 0 aliphatic rings. The molecule has 0 heterocycles. The van der Waals surface area contributed by atoms with Crippen LogP contribution in [-0.2, 0) is 4.84 Å². The Kier molecular flexibility index (Phi) is 4.56.